The highest BCUT2D eigenvalue weighted by molar-refractivity contribution is 7.14. The quantitative estimate of drug-likeness (QED) is 0.420. The maximum absolute atomic E-state index is 12.8. The Morgan fingerprint density at radius 1 is 1.12 bits per heavy atom. The smallest absolute Gasteiger partial charge is 0.341 e. The van der Waals surface area contributed by atoms with Crippen molar-refractivity contribution in [3.63, 3.8) is 0 Å². The number of anilines is 1. The number of ether oxygens (including phenoxy) is 2. The first-order chi connectivity index (χ1) is 15.6. The van der Waals surface area contributed by atoms with Gasteiger partial charge in [-0.3, -0.25) is 20.1 Å². The molecule has 1 atom stereocenters. The number of esters is 1. The van der Waals surface area contributed by atoms with Gasteiger partial charge in [-0.25, -0.2) is 9.78 Å². The van der Waals surface area contributed by atoms with Crippen LogP contribution in [0.15, 0.2) is 60.2 Å². The fraction of sp³-hybridized carbons (Fsp3) is 0.174. The minimum atomic E-state index is -0.974. The summed E-state index contributed by atoms with van der Waals surface area (Å²) in [6.45, 7) is 1.77. The molecule has 32 heavy (non-hydrogen) atoms. The molecule has 0 bridgehead atoms. The van der Waals surface area contributed by atoms with Crippen LogP contribution in [0.2, 0.25) is 0 Å². The lowest BCUT2D eigenvalue weighted by molar-refractivity contribution is -0.124. The Morgan fingerprint density at radius 3 is 2.75 bits per heavy atom. The third kappa shape index (κ3) is 4.57. The van der Waals surface area contributed by atoms with Crippen LogP contribution < -0.4 is 10.1 Å². The topological polar surface area (TPSA) is 103 Å². The molecule has 8 nitrogen and oxygen atoms in total. The normalized spacial score (nSPS) is 11.7. The fourth-order valence-electron chi connectivity index (χ4n) is 3.10. The van der Waals surface area contributed by atoms with E-state index in [9.17, 15) is 9.59 Å². The van der Waals surface area contributed by atoms with Crippen molar-refractivity contribution in [3.05, 3.63) is 65.8 Å². The van der Waals surface area contributed by atoms with Crippen molar-refractivity contribution in [3.8, 4) is 17.0 Å². The summed E-state index contributed by atoms with van der Waals surface area (Å²) in [5.41, 5.74) is 2.85. The minimum Gasteiger partial charge on any atom is -0.497 e. The number of aromatic nitrogens is 3. The van der Waals surface area contributed by atoms with E-state index >= 15 is 0 Å². The lowest BCUT2D eigenvalue weighted by atomic mass is 10.1. The van der Waals surface area contributed by atoms with E-state index in [1.54, 1.807) is 38.4 Å². The molecule has 162 valence electrons. The molecule has 0 saturated carbocycles. The molecule has 9 heteroatoms. The third-order valence-corrected chi connectivity index (χ3v) is 5.49. The number of hydrogen-bond acceptors (Lipinski definition) is 8. The zero-order valence-corrected chi connectivity index (χ0v) is 18.3. The molecule has 2 aromatic carbocycles. The van der Waals surface area contributed by atoms with E-state index < -0.39 is 18.0 Å². The van der Waals surface area contributed by atoms with E-state index in [-0.39, 0.29) is 5.56 Å². The van der Waals surface area contributed by atoms with Gasteiger partial charge < -0.3 is 9.47 Å². The summed E-state index contributed by atoms with van der Waals surface area (Å²) in [4.78, 5) is 38.4. The zero-order chi connectivity index (χ0) is 22.5. The maximum Gasteiger partial charge on any atom is 0.341 e. The maximum atomic E-state index is 12.8. The van der Waals surface area contributed by atoms with Crippen molar-refractivity contribution in [1.29, 1.82) is 0 Å². The third-order valence-electron chi connectivity index (χ3n) is 4.73. The number of benzene rings is 2. The highest BCUT2D eigenvalue weighted by Gasteiger charge is 2.24. The predicted molar refractivity (Wildman–Crippen MR) is 122 cm³/mol. The second kappa shape index (κ2) is 9.52. The summed E-state index contributed by atoms with van der Waals surface area (Å²) in [6.07, 6.45) is 2.39. The van der Waals surface area contributed by atoms with Gasteiger partial charge in [-0.2, -0.15) is 0 Å². The van der Waals surface area contributed by atoms with E-state index in [0.29, 0.717) is 28.3 Å². The van der Waals surface area contributed by atoms with Crippen molar-refractivity contribution in [2.24, 2.45) is 0 Å². The number of carbonyl (C=O) groups excluding carboxylic acids is 2. The summed E-state index contributed by atoms with van der Waals surface area (Å²) < 4.78 is 10.7. The van der Waals surface area contributed by atoms with E-state index in [4.69, 9.17) is 9.47 Å². The van der Waals surface area contributed by atoms with Crippen LogP contribution in [0.1, 0.15) is 23.7 Å². The average Bonchev–Trinajstić information content (AvgIpc) is 3.30. The number of nitrogens with one attached hydrogen (secondary N) is 1. The molecule has 1 unspecified atom stereocenters. The summed E-state index contributed by atoms with van der Waals surface area (Å²) in [5.74, 6) is -0.356. The number of rotatable bonds is 7. The van der Waals surface area contributed by atoms with Crippen molar-refractivity contribution in [2.45, 2.75) is 19.4 Å². The number of para-hydroxylation sites is 1. The van der Waals surface area contributed by atoms with Gasteiger partial charge in [-0.15, -0.1) is 11.3 Å². The van der Waals surface area contributed by atoms with E-state index in [1.807, 2.05) is 29.6 Å². The van der Waals surface area contributed by atoms with Crippen molar-refractivity contribution in [2.75, 3.05) is 12.4 Å². The Kier molecular flexibility index (Phi) is 6.37. The van der Waals surface area contributed by atoms with E-state index in [2.05, 4.69) is 20.3 Å². The van der Waals surface area contributed by atoms with Gasteiger partial charge in [0.2, 0.25) is 0 Å². The Bertz CT molecular complexity index is 1270. The summed E-state index contributed by atoms with van der Waals surface area (Å²) in [6, 6.07) is 12.6. The summed E-state index contributed by atoms with van der Waals surface area (Å²) in [5, 5.41) is 4.99. The molecular weight excluding hydrogens is 428 g/mol. The molecule has 4 rings (SSSR count). The average molecular weight is 449 g/mol. The molecule has 0 saturated heterocycles. The van der Waals surface area contributed by atoms with Gasteiger partial charge in [-0.1, -0.05) is 25.1 Å². The molecule has 1 N–H and O–H groups in total. The van der Waals surface area contributed by atoms with E-state index in [0.717, 1.165) is 11.3 Å². The Morgan fingerprint density at radius 2 is 1.94 bits per heavy atom. The molecule has 0 radical (unpaired) electrons. The summed E-state index contributed by atoms with van der Waals surface area (Å²) in [7, 11) is 1.60. The van der Waals surface area contributed by atoms with E-state index in [1.165, 1.54) is 17.5 Å². The SMILES string of the molecule is CCC(OC(=O)c1cccc2nccnc12)C(=O)Nc1nc(-c2cccc(OC)c2)cs1. The largest absolute Gasteiger partial charge is 0.497 e. The highest BCUT2D eigenvalue weighted by atomic mass is 32.1. The molecule has 2 aromatic heterocycles. The molecular formula is C23H20N4O4S. The van der Waals surface area contributed by atoms with Crippen LogP contribution in [0.5, 0.6) is 5.75 Å². The van der Waals surface area contributed by atoms with Crippen molar-refractivity contribution in [1.82, 2.24) is 15.0 Å². The van der Waals surface area contributed by atoms with Crippen molar-refractivity contribution < 1.29 is 19.1 Å². The molecule has 1 amide bonds. The lowest BCUT2D eigenvalue weighted by Crippen LogP contribution is -2.32. The van der Waals surface area contributed by atoms with Crippen LogP contribution in [-0.2, 0) is 9.53 Å². The first-order valence-electron chi connectivity index (χ1n) is 9.90. The van der Waals surface area contributed by atoms with Gasteiger partial charge in [0.1, 0.15) is 11.3 Å². The van der Waals surface area contributed by atoms with Gasteiger partial charge in [0.15, 0.2) is 11.2 Å². The molecule has 0 fully saturated rings. The first-order valence-corrected chi connectivity index (χ1v) is 10.8. The molecule has 0 aliphatic rings. The van der Waals surface area contributed by atoms with Crippen LogP contribution in [0.3, 0.4) is 0 Å². The summed E-state index contributed by atoms with van der Waals surface area (Å²) >= 11 is 1.29. The number of hydrogen-bond donors (Lipinski definition) is 1. The van der Waals surface area contributed by atoms with Crippen LogP contribution in [-0.4, -0.2) is 40.0 Å². The predicted octanol–water partition coefficient (Wildman–Crippen LogP) is 4.34. The number of methoxy groups -OCH3 is 1. The van der Waals surface area contributed by atoms with Crippen molar-refractivity contribution >= 4 is 39.4 Å². The number of carbonyl (C=O) groups is 2. The number of nitrogens with zero attached hydrogens (tertiary/aromatic N) is 3. The Hall–Kier alpha value is -3.85. The van der Waals surface area contributed by atoms with Gasteiger partial charge in [0.25, 0.3) is 5.91 Å². The molecule has 2 heterocycles. The fourth-order valence-corrected chi connectivity index (χ4v) is 3.83. The number of amides is 1. The van der Waals surface area contributed by atoms with Gasteiger partial charge in [0, 0.05) is 23.3 Å². The zero-order valence-electron chi connectivity index (χ0n) is 17.4. The highest BCUT2D eigenvalue weighted by Crippen LogP contribution is 2.27. The number of thiazole rings is 1. The molecule has 0 aliphatic carbocycles. The Balaban J connectivity index is 1.46. The van der Waals surface area contributed by atoms with Gasteiger partial charge in [0.05, 0.1) is 23.9 Å². The Labute approximate surface area is 188 Å². The van der Waals surface area contributed by atoms with Crippen LogP contribution in [0.4, 0.5) is 5.13 Å². The second-order valence-electron chi connectivity index (χ2n) is 6.79. The van der Waals surface area contributed by atoms with Crippen LogP contribution in [0.25, 0.3) is 22.3 Å². The van der Waals surface area contributed by atoms with Crippen LogP contribution in [0, 0.1) is 0 Å². The lowest BCUT2D eigenvalue weighted by Gasteiger charge is -2.15. The first kappa shape index (κ1) is 21.4. The second-order valence-corrected chi connectivity index (χ2v) is 7.65. The van der Waals surface area contributed by atoms with Crippen LogP contribution >= 0.6 is 11.3 Å². The molecule has 0 spiro atoms. The van der Waals surface area contributed by atoms with Gasteiger partial charge in [-0.05, 0) is 30.7 Å². The number of fused-ring (bicyclic) bond motifs is 1. The minimum absolute atomic E-state index is 0.261. The molecule has 4 aromatic rings. The van der Waals surface area contributed by atoms with Gasteiger partial charge >= 0.3 is 5.97 Å². The standard InChI is InChI=1S/C23H20N4O4S/c1-3-19(31-22(29)16-8-5-9-17-20(16)25-11-10-24-17)21(28)27-23-26-18(13-32-23)14-6-4-7-15(12-14)30-2/h4-13,19H,3H2,1-2H3,(H,26,27,28). The monoisotopic (exact) mass is 448 g/mol. The molecule has 0 aliphatic heterocycles.